The predicted octanol–water partition coefficient (Wildman–Crippen LogP) is 3.33. The lowest BCUT2D eigenvalue weighted by molar-refractivity contribution is 0.395. The van der Waals surface area contributed by atoms with Gasteiger partial charge < -0.3 is 9.47 Å². The van der Waals surface area contributed by atoms with Gasteiger partial charge in [-0.05, 0) is 39.5 Å². The van der Waals surface area contributed by atoms with Crippen LogP contribution in [0.1, 0.15) is 0 Å². The first kappa shape index (κ1) is 15.1. The number of anilines is 1. The molecule has 5 nitrogen and oxygen atoms in total. The molecule has 0 radical (unpaired) electrons. The topological polar surface area (TPSA) is 64.6 Å². The minimum absolute atomic E-state index is 0.218. The fourth-order valence-electron chi connectivity index (χ4n) is 1.55. The Hall–Kier alpha value is -1.25. The number of sulfonamides is 1. The molecule has 0 atom stereocenters. The van der Waals surface area contributed by atoms with Gasteiger partial charge in [-0.3, -0.25) is 4.72 Å². The van der Waals surface area contributed by atoms with Gasteiger partial charge in [-0.2, -0.15) is 0 Å². The number of nitrogens with one attached hydrogen (secondary N) is 1. The third kappa shape index (κ3) is 3.08. The summed E-state index contributed by atoms with van der Waals surface area (Å²) in [6.07, 6.45) is 0. The van der Waals surface area contributed by atoms with E-state index in [9.17, 15) is 8.42 Å². The van der Waals surface area contributed by atoms with Crippen molar-refractivity contribution < 1.29 is 17.9 Å². The normalized spacial score (nSPS) is 11.2. The van der Waals surface area contributed by atoms with Crippen LogP contribution in [0.25, 0.3) is 0 Å². The van der Waals surface area contributed by atoms with Gasteiger partial charge in [0, 0.05) is 10.5 Å². The Morgan fingerprint density at radius 3 is 2.50 bits per heavy atom. The van der Waals surface area contributed by atoms with Crippen LogP contribution in [0.5, 0.6) is 11.5 Å². The van der Waals surface area contributed by atoms with E-state index in [-0.39, 0.29) is 4.21 Å². The molecule has 0 fully saturated rings. The first-order valence-corrected chi connectivity index (χ1v) is 8.61. The van der Waals surface area contributed by atoms with Gasteiger partial charge in [-0.25, -0.2) is 8.42 Å². The molecule has 8 heteroatoms. The van der Waals surface area contributed by atoms with E-state index in [4.69, 9.17) is 9.47 Å². The molecule has 20 heavy (non-hydrogen) atoms. The molecule has 1 heterocycles. The van der Waals surface area contributed by atoms with Gasteiger partial charge in [0.2, 0.25) is 0 Å². The van der Waals surface area contributed by atoms with Crippen LogP contribution in [-0.2, 0) is 10.0 Å². The van der Waals surface area contributed by atoms with E-state index >= 15 is 0 Å². The summed E-state index contributed by atoms with van der Waals surface area (Å²) in [4.78, 5) is 0. The molecule has 0 aliphatic rings. The van der Waals surface area contributed by atoms with Gasteiger partial charge in [0.1, 0.15) is 11.5 Å². The van der Waals surface area contributed by atoms with Gasteiger partial charge in [0.25, 0.3) is 10.0 Å². The van der Waals surface area contributed by atoms with Crippen LogP contribution >= 0.6 is 27.3 Å². The Balaban J connectivity index is 2.37. The zero-order valence-electron chi connectivity index (χ0n) is 10.7. The minimum atomic E-state index is -3.65. The van der Waals surface area contributed by atoms with E-state index in [0.29, 0.717) is 21.7 Å². The molecule has 0 amide bonds. The summed E-state index contributed by atoms with van der Waals surface area (Å²) in [7, 11) is -0.657. The van der Waals surface area contributed by atoms with Crippen molar-refractivity contribution in [1.29, 1.82) is 0 Å². The van der Waals surface area contributed by atoms with Crippen LogP contribution in [0.15, 0.2) is 38.3 Å². The van der Waals surface area contributed by atoms with E-state index in [0.717, 1.165) is 11.3 Å². The Morgan fingerprint density at radius 1 is 1.20 bits per heavy atom. The molecule has 1 aromatic heterocycles. The highest BCUT2D eigenvalue weighted by Gasteiger charge is 2.21. The summed E-state index contributed by atoms with van der Waals surface area (Å²) in [5.41, 5.74) is 0.355. The zero-order chi connectivity index (χ0) is 14.8. The number of ether oxygens (including phenoxy) is 2. The molecule has 0 saturated carbocycles. The van der Waals surface area contributed by atoms with E-state index in [1.807, 2.05) is 0 Å². The predicted molar refractivity (Wildman–Crippen MR) is 82.4 cm³/mol. The summed E-state index contributed by atoms with van der Waals surface area (Å²) in [6.45, 7) is 0. The van der Waals surface area contributed by atoms with Crippen molar-refractivity contribution in [3.05, 3.63) is 34.1 Å². The Bertz CT molecular complexity index is 712. The summed E-state index contributed by atoms with van der Waals surface area (Å²) >= 11 is 4.35. The number of methoxy groups -OCH3 is 2. The molecule has 0 aliphatic heterocycles. The van der Waals surface area contributed by atoms with Gasteiger partial charge in [-0.15, -0.1) is 11.3 Å². The van der Waals surface area contributed by atoms with Crippen molar-refractivity contribution in [2.24, 2.45) is 0 Å². The Morgan fingerprint density at radius 2 is 1.95 bits per heavy atom. The van der Waals surface area contributed by atoms with E-state index in [2.05, 4.69) is 20.7 Å². The maximum Gasteiger partial charge on any atom is 0.272 e. The van der Waals surface area contributed by atoms with Crippen molar-refractivity contribution >= 4 is 43.0 Å². The minimum Gasteiger partial charge on any atom is -0.497 e. The van der Waals surface area contributed by atoms with Crippen LogP contribution in [0.3, 0.4) is 0 Å². The SMILES string of the molecule is COc1ccc(NS(=O)(=O)c2sccc2Br)c(OC)c1. The summed E-state index contributed by atoms with van der Waals surface area (Å²) in [5.74, 6) is 0.975. The number of rotatable bonds is 5. The zero-order valence-corrected chi connectivity index (χ0v) is 13.9. The lowest BCUT2D eigenvalue weighted by Crippen LogP contribution is -2.12. The molecule has 0 bridgehead atoms. The molecule has 2 rings (SSSR count). The summed E-state index contributed by atoms with van der Waals surface area (Å²) in [5, 5.41) is 1.70. The average Bonchev–Trinajstić information content (AvgIpc) is 2.86. The number of hydrogen-bond donors (Lipinski definition) is 1. The molecule has 2 aromatic rings. The second-order valence-electron chi connectivity index (χ2n) is 3.73. The first-order valence-electron chi connectivity index (χ1n) is 5.46. The summed E-state index contributed by atoms with van der Waals surface area (Å²) in [6, 6.07) is 6.55. The largest absolute Gasteiger partial charge is 0.497 e. The summed E-state index contributed by atoms with van der Waals surface area (Å²) < 4.78 is 38.1. The first-order chi connectivity index (χ1) is 9.47. The number of hydrogen-bond acceptors (Lipinski definition) is 5. The van der Waals surface area contributed by atoms with Crippen LogP contribution < -0.4 is 14.2 Å². The van der Waals surface area contributed by atoms with Crippen molar-refractivity contribution in [2.75, 3.05) is 18.9 Å². The molecule has 0 spiro atoms. The van der Waals surface area contributed by atoms with Crippen LogP contribution in [0.4, 0.5) is 5.69 Å². The number of halogens is 1. The Kier molecular flexibility index (Phi) is 4.56. The van der Waals surface area contributed by atoms with Crippen molar-refractivity contribution in [1.82, 2.24) is 0 Å². The highest BCUT2D eigenvalue weighted by molar-refractivity contribution is 9.10. The number of thiophene rings is 1. The quantitative estimate of drug-likeness (QED) is 0.867. The van der Waals surface area contributed by atoms with Gasteiger partial charge in [0.15, 0.2) is 4.21 Å². The second kappa shape index (κ2) is 6.02. The third-order valence-electron chi connectivity index (χ3n) is 2.48. The third-order valence-corrected chi connectivity index (χ3v) is 6.52. The lowest BCUT2D eigenvalue weighted by atomic mass is 10.3. The van der Waals surface area contributed by atoms with Crippen LogP contribution in [0, 0.1) is 0 Å². The maximum absolute atomic E-state index is 12.3. The highest BCUT2D eigenvalue weighted by atomic mass is 79.9. The fraction of sp³-hybridized carbons (Fsp3) is 0.167. The van der Waals surface area contributed by atoms with Crippen molar-refractivity contribution in [3.8, 4) is 11.5 Å². The van der Waals surface area contributed by atoms with E-state index < -0.39 is 10.0 Å². The van der Waals surface area contributed by atoms with Crippen molar-refractivity contribution in [3.63, 3.8) is 0 Å². The van der Waals surface area contributed by atoms with E-state index in [1.165, 1.54) is 14.2 Å². The molecule has 1 aromatic carbocycles. The van der Waals surface area contributed by atoms with E-state index in [1.54, 1.807) is 29.6 Å². The second-order valence-corrected chi connectivity index (χ2v) is 7.38. The fourth-order valence-corrected chi connectivity index (χ4v) is 4.95. The lowest BCUT2D eigenvalue weighted by Gasteiger charge is -2.12. The molecule has 108 valence electrons. The standard InChI is InChI=1S/C12H12BrNO4S2/c1-17-8-3-4-10(11(7-8)18-2)14-20(15,16)12-9(13)5-6-19-12/h3-7,14H,1-2H3. The highest BCUT2D eigenvalue weighted by Crippen LogP contribution is 2.33. The van der Waals surface area contributed by atoms with Crippen molar-refractivity contribution in [2.45, 2.75) is 4.21 Å². The molecule has 0 aliphatic carbocycles. The molecule has 0 saturated heterocycles. The van der Waals surface area contributed by atoms with Gasteiger partial charge in [-0.1, -0.05) is 0 Å². The van der Waals surface area contributed by atoms with Crippen LogP contribution in [0.2, 0.25) is 0 Å². The average molecular weight is 378 g/mol. The van der Waals surface area contributed by atoms with Gasteiger partial charge >= 0.3 is 0 Å². The van der Waals surface area contributed by atoms with Gasteiger partial charge in [0.05, 0.1) is 19.9 Å². The molecular formula is C12H12BrNO4S2. The molecular weight excluding hydrogens is 366 g/mol. The molecule has 1 N–H and O–H groups in total. The number of benzene rings is 1. The molecule has 0 unspecified atom stereocenters. The van der Waals surface area contributed by atoms with Crippen LogP contribution in [-0.4, -0.2) is 22.6 Å². The Labute approximate surface area is 129 Å². The smallest absolute Gasteiger partial charge is 0.272 e. The monoisotopic (exact) mass is 377 g/mol. The maximum atomic E-state index is 12.3.